The van der Waals surface area contributed by atoms with Crippen LogP contribution in [-0.4, -0.2) is 11.1 Å². The van der Waals surface area contributed by atoms with Gasteiger partial charge in [0.25, 0.3) is 0 Å². The Morgan fingerprint density at radius 2 is 1.88 bits per heavy atom. The number of halogens is 1. The lowest BCUT2D eigenvalue weighted by Crippen LogP contribution is -2.23. The smallest absolute Gasteiger partial charge is 0.309 e. The predicted octanol–water partition coefficient (Wildman–Crippen LogP) is 3.88. The normalized spacial score (nSPS) is 11.4. The lowest BCUT2D eigenvalue weighted by Gasteiger charge is -2.18. The Bertz CT molecular complexity index is 355. The van der Waals surface area contributed by atoms with E-state index < -0.39 is 11.4 Å². The molecule has 0 spiro atoms. The maximum absolute atomic E-state index is 10.9. The van der Waals surface area contributed by atoms with E-state index in [4.69, 9.17) is 5.11 Å². The summed E-state index contributed by atoms with van der Waals surface area (Å²) >= 11 is 3.39. The fourth-order valence-corrected chi connectivity index (χ4v) is 1.76. The van der Waals surface area contributed by atoms with Gasteiger partial charge in [-0.25, -0.2) is 0 Å². The summed E-state index contributed by atoms with van der Waals surface area (Å²) in [6, 6.07) is 8.16. The van der Waals surface area contributed by atoms with Gasteiger partial charge in [-0.05, 0) is 50.8 Å². The van der Waals surface area contributed by atoms with E-state index in [-0.39, 0.29) is 0 Å². The summed E-state index contributed by atoms with van der Waals surface area (Å²) in [5, 5.41) is 8.97. The Kier molecular flexibility index (Phi) is 4.54. The average molecular weight is 285 g/mol. The Morgan fingerprint density at radius 1 is 1.31 bits per heavy atom. The molecule has 0 saturated carbocycles. The number of carbonyl (C=O) groups is 1. The highest BCUT2D eigenvalue weighted by Crippen LogP contribution is 2.23. The van der Waals surface area contributed by atoms with Crippen LogP contribution in [0.2, 0.25) is 0 Å². The topological polar surface area (TPSA) is 37.3 Å². The molecule has 0 heterocycles. The third kappa shape index (κ3) is 3.97. The SMILES string of the molecule is CC(C)(CCCc1ccc(Br)cc1)C(=O)O. The number of rotatable bonds is 5. The minimum absolute atomic E-state index is 0.616. The minimum Gasteiger partial charge on any atom is -0.481 e. The van der Waals surface area contributed by atoms with Gasteiger partial charge in [0.05, 0.1) is 5.41 Å². The summed E-state index contributed by atoms with van der Waals surface area (Å²) in [5.74, 6) is -0.719. The molecule has 1 aromatic carbocycles. The van der Waals surface area contributed by atoms with Gasteiger partial charge in [0.15, 0.2) is 0 Å². The molecule has 0 aromatic heterocycles. The van der Waals surface area contributed by atoms with E-state index in [1.807, 2.05) is 12.1 Å². The molecule has 0 aliphatic rings. The van der Waals surface area contributed by atoms with Gasteiger partial charge in [0.2, 0.25) is 0 Å². The van der Waals surface area contributed by atoms with Crippen molar-refractivity contribution in [3.63, 3.8) is 0 Å². The zero-order valence-corrected chi connectivity index (χ0v) is 11.3. The predicted molar refractivity (Wildman–Crippen MR) is 68.5 cm³/mol. The second kappa shape index (κ2) is 5.48. The van der Waals surface area contributed by atoms with Crippen molar-refractivity contribution in [3.8, 4) is 0 Å². The number of carboxylic acids is 1. The Balaban J connectivity index is 2.41. The first-order valence-corrected chi connectivity index (χ1v) is 6.19. The van der Waals surface area contributed by atoms with Crippen LogP contribution in [0.15, 0.2) is 28.7 Å². The molecular formula is C13H17BrO2. The number of aliphatic carboxylic acids is 1. The highest BCUT2D eigenvalue weighted by atomic mass is 79.9. The van der Waals surface area contributed by atoms with E-state index >= 15 is 0 Å². The Morgan fingerprint density at radius 3 is 2.38 bits per heavy atom. The maximum atomic E-state index is 10.9. The van der Waals surface area contributed by atoms with Crippen LogP contribution in [0.25, 0.3) is 0 Å². The van der Waals surface area contributed by atoms with Crippen molar-refractivity contribution in [3.05, 3.63) is 34.3 Å². The van der Waals surface area contributed by atoms with Gasteiger partial charge < -0.3 is 5.11 Å². The zero-order valence-electron chi connectivity index (χ0n) is 9.66. The standard InChI is InChI=1S/C13H17BrO2/c1-13(2,12(15)16)9-3-4-10-5-7-11(14)8-6-10/h5-8H,3-4,9H2,1-2H3,(H,15,16). The lowest BCUT2D eigenvalue weighted by molar-refractivity contribution is -0.147. The molecule has 2 nitrogen and oxygen atoms in total. The number of benzene rings is 1. The molecule has 0 fully saturated rings. The first kappa shape index (κ1) is 13.2. The molecule has 0 amide bonds. The Labute approximate surface area is 105 Å². The van der Waals surface area contributed by atoms with Crippen LogP contribution in [-0.2, 0) is 11.2 Å². The van der Waals surface area contributed by atoms with E-state index in [2.05, 4.69) is 28.1 Å². The highest BCUT2D eigenvalue weighted by Gasteiger charge is 2.25. The number of hydrogen-bond donors (Lipinski definition) is 1. The minimum atomic E-state index is -0.719. The van der Waals surface area contributed by atoms with Gasteiger partial charge >= 0.3 is 5.97 Å². The molecule has 0 unspecified atom stereocenters. The van der Waals surface area contributed by atoms with E-state index in [1.54, 1.807) is 13.8 Å². The molecular weight excluding hydrogens is 268 g/mol. The fourth-order valence-electron chi connectivity index (χ4n) is 1.49. The van der Waals surface area contributed by atoms with Crippen LogP contribution in [0.5, 0.6) is 0 Å². The Hall–Kier alpha value is -0.830. The van der Waals surface area contributed by atoms with Crippen molar-refractivity contribution in [2.45, 2.75) is 33.1 Å². The van der Waals surface area contributed by atoms with Gasteiger partial charge in [-0.1, -0.05) is 28.1 Å². The van der Waals surface area contributed by atoms with Gasteiger partial charge in [-0.3, -0.25) is 4.79 Å². The molecule has 1 aromatic rings. The van der Waals surface area contributed by atoms with Crippen LogP contribution >= 0.6 is 15.9 Å². The molecule has 0 aliphatic carbocycles. The van der Waals surface area contributed by atoms with Crippen molar-refractivity contribution >= 4 is 21.9 Å². The molecule has 0 saturated heterocycles. The van der Waals surface area contributed by atoms with Crippen LogP contribution in [0, 0.1) is 5.41 Å². The lowest BCUT2D eigenvalue weighted by atomic mass is 9.87. The van der Waals surface area contributed by atoms with E-state index in [9.17, 15) is 4.79 Å². The summed E-state index contributed by atoms with van der Waals surface area (Å²) in [7, 11) is 0. The van der Waals surface area contributed by atoms with Crippen molar-refractivity contribution < 1.29 is 9.90 Å². The zero-order chi connectivity index (χ0) is 12.2. The molecule has 0 aliphatic heterocycles. The second-order valence-corrected chi connectivity index (χ2v) is 5.58. The van der Waals surface area contributed by atoms with Crippen molar-refractivity contribution in [1.29, 1.82) is 0 Å². The maximum Gasteiger partial charge on any atom is 0.309 e. The number of carboxylic acid groups (broad SMARTS) is 1. The molecule has 3 heteroatoms. The van der Waals surface area contributed by atoms with Crippen LogP contribution in [0.1, 0.15) is 32.3 Å². The summed E-state index contributed by atoms with van der Waals surface area (Å²) < 4.78 is 1.07. The number of aryl methyl sites for hydroxylation is 1. The quantitative estimate of drug-likeness (QED) is 0.891. The second-order valence-electron chi connectivity index (χ2n) is 4.67. The van der Waals surface area contributed by atoms with Gasteiger partial charge in [-0.15, -0.1) is 0 Å². The molecule has 0 bridgehead atoms. The first-order valence-electron chi connectivity index (χ1n) is 5.40. The third-order valence-electron chi connectivity index (χ3n) is 2.76. The summed E-state index contributed by atoms with van der Waals surface area (Å²) in [6.07, 6.45) is 2.54. The van der Waals surface area contributed by atoms with Crippen molar-refractivity contribution in [1.82, 2.24) is 0 Å². The molecule has 0 radical (unpaired) electrons. The highest BCUT2D eigenvalue weighted by molar-refractivity contribution is 9.10. The largest absolute Gasteiger partial charge is 0.481 e. The van der Waals surface area contributed by atoms with E-state index in [0.717, 1.165) is 17.3 Å². The van der Waals surface area contributed by atoms with E-state index in [0.29, 0.717) is 6.42 Å². The average Bonchev–Trinajstić information content (AvgIpc) is 2.20. The summed E-state index contributed by atoms with van der Waals surface area (Å²) in [4.78, 5) is 10.9. The van der Waals surface area contributed by atoms with Crippen LogP contribution < -0.4 is 0 Å². The van der Waals surface area contributed by atoms with Crippen molar-refractivity contribution in [2.24, 2.45) is 5.41 Å². The third-order valence-corrected chi connectivity index (χ3v) is 3.29. The molecule has 88 valence electrons. The number of hydrogen-bond acceptors (Lipinski definition) is 1. The fraction of sp³-hybridized carbons (Fsp3) is 0.462. The summed E-state index contributed by atoms with van der Waals surface area (Å²) in [5.41, 5.74) is 0.638. The molecule has 1 N–H and O–H groups in total. The van der Waals surface area contributed by atoms with Crippen LogP contribution in [0.3, 0.4) is 0 Å². The first-order chi connectivity index (χ1) is 7.42. The van der Waals surface area contributed by atoms with Gasteiger partial charge in [0, 0.05) is 4.47 Å². The monoisotopic (exact) mass is 284 g/mol. The van der Waals surface area contributed by atoms with Crippen LogP contribution in [0.4, 0.5) is 0 Å². The van der Waals surface area contributed by atoms with Crippen molar-refractivity contribution in [2.75, 3.05) is 0 Å². The van der Waals surface area contributed by atoms with Gasteiger partial charge in [-0.2, -0.15) is 0 Å². The molecule has 16 heavy (non-hydrogen) atoms. The summed E-state index contributed by atoms with van der Waals surface area (Å²) in [6.45, 7) is 3.55. The van der Waals surface area contributed by atoms with Gasteiger partial charge in [0.1, 0.15) is 0 Å². The molecule has 0 atom stereocenters. The molecule has 1 rings (SSSR count). The van der Waals surface area contributed by atoms with E-state index in [1.165, 1.54) is 5.56 Å².